The van der Waals surface area contributed by atoms with Crippen LogP contribution in [0.5, 0.6) is 17.2 Å². The first-order valence-electron chi connectivity index (χ1n) is 10.8. The summed E-state index contributed by atoms with van der Waals surface area (Å²) in [6.07, 6.45) is 1.09. The van der Waals surface area contributed by atoms with Gasteiger partial charge >= 0.3 is 6.09 Å². The van der Waals surface area contributed by atoms with Gasteiger partial charge in [0.25, 0.3) is 0 Å². The van der Waals surface area contributed by atoms with Crippen LogP contribution in [-0.2, 0) is 11.2 Å². The lowest BCUT2D eigenvalue weighted by Gasteiger charge is -2.19. The van der Waals surface area contributed by atoms with Gasteiger partial charge in [0.15, 0.2) is 11.5 Å². The van der Waals surface area contributed by atoms with Gasteiger partial charge in [-0.1, -0.05) is 18.2 Å². The molecule has 176 valence electrons. The molecule has 0 aromatic heterocycles. The molecule has 0 bridgehead atoms. The summed E-state index contributed by atoms with van der Waals surface area (Å²) < 4.78 is 21.6. The fourth-order valence-corrected chi connectivity index (χ4v) is 3.23. The number of hydrogen-bond donors (Lipinski definition) is 2. The smallest absolute Gasteiger partial charge is 0.407 e. The number of aliphatic hydroxyl groups is 1. The molecular weight excluding hydrogens is 410 g/mol. The van der Waals surface area contributed by atoms with E-state index in [1.165, 1.54) is 0 Å². The summed E-state index contributed by atoms with van der Waals surface area (Å²) in [6.45, 7) is 6.14. The maximum absolute atomic E-state index is 11.7. The monoisotopic (exact) mass is 445 g/mol. The minimum Gasteiger partial charge on any atom is -0.493 e. The zero-order valence-electron chi connectivity index (χ0n) is 19.6. The van der Waals surface area contributed by atoms with Crippen LogP contribution in [0.3, 0.4) is 0 Å². The molecule has 0 saturated heterocycles. The molecule has 2 N–H and O–H groups in total. The zero-order valence-corrected chi connectivity index (χ0v) is 19.6. The Hall–Kier alpha value is -2.93. The molecule has 1 atom stereocenters. The largest absolute Gasteiger partial charge is 0.493 e. The Morgan fingerprint density at radius 2 is 1.81 bits per heavy atom. The van der Waals surface area contributed by atoms with Crippen LogP contribution in [0, 0.1) is 0 Å². The molecule has 0 aliphatic carbocycles. The maximum atomic E-state index is 11.7. The number of alkyl carbamates (subject to hydrolysis) is 1. The van der Waals surface area contributed by atoms with Crippen molar-refractivity contribution in [2.75, 3.05) is 34.0 Å². The van der Waals surface area contributed by atoms with E-state index < -0.39 is 11.7 Å². The number of hydrogen-bond acceptors (Lipinski definition) is 6. The molecule has 7 heteroatoms. The lowest BCUT2D eigenvalue weighted by Crippen LogP contribution is -2.34. The number of aliphatic hydroxyl groups excluding tert-OH is 1. The van der Waals surface area contributed by atoms with E-state index in [2.05, 4.69) is 5.32 Å². The van der Waals surface area contributed by atoms with E-state index in [0.717, 1.165) is 24.0 Å². The van der Waals surface area contributed by atoms with Crippen molar-refractivity contribution >= 4 is 6.09 Å². The van der Waals surface area contributed by atoms with Crippen LogP contribution in [0.25, 0.3) is 0 Å². The summed E-state index contributed by atoms with van der Waals surface area (Å²) in [5, 5.41) is 12.6. The Morgan fingerprint density at radius 3 is 2.47 bits per heavy atom. The average molecular weight is 446 g/mol. The van der Waals surface area contributed by atoms with Crippen molar-refractivity contribution in [3.05, 3.63) is 53.6 Å². The highest BCUT2D eigenvalue weighted by Gasteiger charge is 2.16. The van der Waals surface area contributed by atoms with Gasteiger partial charge in [0.2, 0.25) is 0 Å². The van der Waals surface area contributed by atoms with Crippen LogP contribution in [0.4, 0.5) is 4.79 Å². The Morgan fingerprint density at radius 1 is 1.06 bits per heavy atom. The molecule has 32 heavy (non-hydrogen) atoms. The Kier molecular flexibility index (Phi) is 9.65. The quantitative estimate of drug-likeness (QED) is 0.501. The second-order valence-electron chi connectivity index (χ2n) is 8.46. The molecule has 0 fully saturated rings. The van der Waals surface area contributed by atoms with Crippen molar-refractivity contribution in [1.29, 1.82) is 0 Å². The first kappa shape index (κ1) is 25.3. The zero-order chi connectivity index (χ0) is 23.6. The number of methoxy groups -OCH3 is 2. The number of rotatable bonds is 11. The van der Waals surface area contributed by atoms with E-state index in [0.29, 0.717) is 30.4 Å². The van der Waals surface area contributed by atoms with E-state index in [1.54, 1.807) is 14.2 Å². The molecular formula is C25H35NO6. The Balaban J connectivity index is 1.89. The van der Waals surface area contributed by atoms with E-state index >= 15 is 0 Å². The number of nitrogens with one attached hydrogen (secondary N) is 1. The summed E-state index contributed by atoms with van der Waals surface area (Å²) >= 11 is 0. The highest BCUT2D eigenvalue weighted by molar-refractivity contribution is 5.67. The van der Waals surface area contributed by atoms with Gasteiger partial charge in [-0.05, 0) is 69.0 Å². The van der Waals surface area contributed by atoms with Gasteiger partial charge in [-0.25, -0.2) is 4.79 Å². The first-order valence-corrected chi connectivity index (χ1v) is 10.8. The van der Waals surface area contributed by atoms with Gasteiger partial charge in [0.05, 0.1) is 20.8 Å². The summed E-state index contributed by atoms with van der Waals surface area (Å²) in [6, 6.07) is 13.5. The van der Waals surface area contributed by atoms with Crippen molar-refractivity contribution in [3.8, 4) is 17.2 Å². The van der Waals surface area contributed by atoms with E-state index in [1.807, 2.05) is 63.2 Å². The number of benzene rings is 2. The highest BCUT2D eigenvalue weighted by atomic mass is 16.6. The molecule has 2 rings (SSSR count). The minimum absolute atomic E-state index is 0.0217. The second-order valence-corrected chi connectivity index (χ2v) is 8.46. The van der Waals surface area contributed by atoms with Crippen molar-refractivity contribution in [3.63, 3.8) is 0 Å². The fraction of sp³-hybridized carbons (Fsp3) is 0.480. The van der Waals surface area contributed by atoms with Crippen LogP contribution >= 0.6 is 0 Å². The van der Waals surface area contributed by atoms with Crippen LogP contribution in [0.2, 0.25) is 0 Å². The third-order valence-corrected chi connectivity index (χ3v) is 4.82. The predicted molar refractivity (Wildman–Crippen MR) is 124 cm³/mol. The number of amides is 1. The summed E-state index contributed by atoms with van der Waals surface area (Å²) in [7, 11) is 3.23. The van der Waals surface area contributed by atoms with E-state index in [4.69, 9.17) is 18.9 Å². The SMILES string of the molecule is COc1ccc(CCC(CO)c2cccc(OCCNC(=O)OC(C)(C)C)c2)cc1OC. The third-order valence-electron chi connectivity index (χ3n) is 4.82. The van der Waals surface area contributed by atoms with Crippen molar-refractivity contribution in [2.45, 2.75) is 45.1 Å². The molecule has 7 nitrogen and oxygen atoms in total. The highest BCUT2D eigenvalue weighted by Crippen LogP contribution is 2.30. The van der Waals surface area contributed by atoms with Crippen LogP contribution < -0.4 is 19.5 Å². The molecule has 0 aliphatic heterocycles. The lowest BCUT2D eigenvalue weighted by molar-refractivity contribution is 0.0520. The van der Waals surface area contributed by atoms with Crippen molar-refractivity contribution < 1.29 is 28.8 Å². The number of carbonyl (C=O) groups is 1. The van der Waals surface area contributed by atoms with Gasteiger partial charge in [0.1, 0.15) is 18.0 Å². The molecule has 0 saturated carbocycles. The van der Waals surface area contributed by atoms with Gasteiger partial charge < -0.3 is 29.4 Å². The van der Waals surface area contributed by atoms with Crippen LogP contribution in [-0.4, -0.2) is 50.8 Å². The molecule has 2 aromatic carbocycles. The molecule has 1 amide bonds. The number of ether oxygens (including phenoxy) is 4. The second kappa shape index (κ2) is 12.2. The molecule has 0 spiro atoms. The van der Waals surface area contributed by atoms with Gasteiger partial charge in [0, 0.05) is 12.5 Å². The molecule has 0 heterocycles. The molecule has 2 aromatic rings. The van der Waals surface area contributed by atoms with E-state index in [9.17, 15) is 9.90 Å². The maximum Gasteiger partial charge on any atom is 0.407 e. The van der Waals surface area contributed by atoms with Gasteiger partial charge in [-0.2, -0.15) is 0 Å². The van der Waals surface area contributed by atoms with Crippen LogP contribution in [0.15, 0.2) is 42.5 Å². The third kappa shape index (κ3) is 8.30. The molecule has 0 radical (unpaired) electrons. The van der Waals surface area contributed by atoms with Crippen LogP contribution in [0.1, 0.15) is 44.2 Å². The molecule has 1 unspecified atom stereocenters. The lowest BCUT2D eigenvalue weighted by atomic mass is 9.93. The van der Waals surface area contributed by atoms with Gasteiger partial charge in [-0.15, -0.1) is 0 Å². The number of aryl methyl sites for hydroxylation is 1. The summed E-state index contributed by atoms with van der Waals surface area (Å²) in [4.78, 5) is 11.7. The number of carbonyl (C=O) groups excluding carboxylic acids is 1. The Labute approximate surface area is 190 Å². The molecule has 0 aliphatic rings. The van der Waals surface area contributed by atoms with Gasteiger partial charge in [-0.3, -0.25) is 0 Å². The standard InChI is InChI=1S/C25H35NO6/c1-25(2,3)32-24(28)26-13-14-31-21-8-6-7-19(16-21)20(17-27)11-9-18-10-12-22(29-4)23(15-18)30-5/h6-8,10,12,15-16,20,27H,9,11,13-14,17H2,1-5H3,(H,26,28). The summed E-state index contributed by atoms with van der Waals surface area (Å²) in [5.41, 5.74) is 1.59. The topological polar surface area (TPSA) is 86.2 Å². The fourth-order valence-electron chi connectivity index (χ4n) is 3.23. The Bertz CT molecular complexity index is 862. The van der Waals surface area contributed by atoms with Crippen molar-refractivity contribution in [2.24, 2.45) is 0 Å². The van der Waals surface area contributed by atoms with E-state index in [-0.39, 0.29) is 12.5 Å². The minimum atomic E-state index is -0.532. The predicted octanol–water partition coefficient (Wildman–Crippen LogP) is 4.32. The normalized spacial score (nSPS) is 12.1. The average Bonchev–Trinajstić information content (AvgIpc) is 2.76. The first-order chi connectivity index (χ1) is 15.3. The summed E-state index contributed by atoms with van der Waals surface area (Å²) in [5.74, 6) is 2.06. The van der Waals surface area contributed by atoms with Crippen molar-refractivity contribution in [1.82, 2.24) is 5.32 Å².